The minimum Gasteiger partial charge on any atom is -0.338 e. The summed E-state index contributed by atoms with van der Waals surface area (Å²) in [5, 5.41) is 3.38. The van der Waals surface area contributed by atoms with E-state index < -0.39 is 9.84 Å². The Labute approximate surface area is 108 Å². The van der Waals surface area contributed by atoms with Crippen molar-refractivity contribution >= 4 is 15.7 Å². The number of sulfone groups is 1. The van der Waals surface area contributed by atoms with E-state index in [9.17, 15) is 13.2 Å². The van der Waals surface area contributed by atoms with E-state index in [4.69, 9.17) is 0 Å². The van der Waals surface area contributed by atoms with Gasteiger partial charge in [0.2, 0.25) is 5.91 Å². The van der Waals surface area contributed by atoms with Gasteiger partial charge in [-0.05, 0) is 32.1 Å². The van der Waals surface area contributed by atoms with Gasteiger partial charge >= 0.3 is 0 Å². The van der Waals surface area contributed by atoms with Crippen molar-refractivity contribution in [3.8, 4) is 0 Å². The van der Waals surface area contributed by atoms with E-state index in [-0.39, 0.29) is 29.5 Å². The first-order chi connectivity index (χ1) is 8.55. The number of carbonyl (C=O) groups is 1. The lowest BCUT2D eigenvalue weighted by atomic mass is 10.1. The number of amides is 1. The predicted molar refractivity (Wildman–Crippen MR) is 68.0 cm³/mol. The van der Waals surface area contributed by atoms with Gasteiger partial charge in [0, 0.05) is 18.6 Å². The number of nitrogens with zero attached hydrogens (tertiary/aromatic N) is 1. The third kappa shape index (κ3) is 2.54. The molecule has 0 bridgehead atoms. The molecule has 1 atom stereocenters. The van der Waals surface area contributed by atoms with Crippen LogP contribution in [0.4, 0.5) is 0 Å². The maximum absolute atomic E-state index is 12.2. The van der Waals surface area contributed by atoms with Gasteiger partial charge in [0.15, 0.2) is 0 Å². The van der Waals surface area contributed by atoms with Crippen molar-refractivity contribution in [2.24, 2.45) is 0 Å². The average Bonchev–Trinajstić information content (AvgIpc) is 3.06. The SMILES string of the molecule is O=C1C(NC2CC2)CCN1C1CCS(=O)(=O)CC1. The first-order valence-electron chi connectivity index (χ1n) is 6.82. The van der Waals surface area contributed by atoms with Crippen molar-refractivity contribution in [3.63, 3.8) is 0 Å². The van der Waals surface area contributed by atoms with Gasteiger partial charge < -0.3 is 10.2 Å². The highest BCUT2D eigenvalue weighted by atomic mass is 32.2. The molecule has 0 aromatic heterocycles. The van der Waals surface area contributed by atoms with Crippen molar-refractivity contribution in [1.29, 1.82) is 0 Å². The molecule has 2 saturated heterocycles. The van der Waals surface area contributed by atoms with E-state index in [1.165, 1.54) is 12.8 Å². The molecule has 2 heterocycles. The third-order valence-electron chi connectivity index (χ3n) is 4.22. The van der Waals surface area contributed by atoms with Crippen LogP contribution in [-0.4, -0.2) is 55.4 Å². The number of hydrogen-bond donors (Lipinski definition) is 1. The number of likely N-dealkylation sites (tertiary alicyclic amines) is 1. The highest BCUT2D eigenvalue weighted by Crippen LogP contribution is 2.26. The zero-order valence-corrected chi connectivity index (χ0v) is 11.3. The number of hydrogen-bond acceptors (Lipinski definition) is 4. The predicted octanol–water partition coefficient (Wildman–Crippen LogP) is -0.0835. The molecule has 1 saturated carbocycles. The van der Waals surface area contributed by atoms with Gasteiger partial charge in [0.05, 0.1) is 17.5 Å². The molecule has 1 unspecified atom stereocenters. The first-order valence-corrected chi connectivity index (χ1v) is 8.64. The zero-order chi connectivity index (χ0) is 12.8. The second kappa shape index (κ2) is 4.49. The van der Waals surface area contributed by atoms with Crippen LogP contribution < -0.4 is 5.32 Å². The number of carbonyl (C=O) groups excluding carboxylic acids is 1. The molecule has 1 aliphatic carbocycles. The van der Waals surface area contributed by atoms with E-state index in [0.29, 0.717) is 18.9 Å². The molecule has 3 aliphatic rings. The van der Waals surface area contributed by atoms with Crippen LogP contribution in [0.1, 0.15) is 32.1 Å². The molecular weight excluding hydrogens is 252 g/mol. The van der Waals surface area contributed by atoms with Gasteiger partial charge in [-0.3, -0.25) is 4.79 Å². The van der Waals surface area contributed by atoms with Crippen LogP contribution in [0.15, 0.2) is 0 Å². The third-order valence-corrected chi connectivity index (χ3v) is 5.93. The lowest BCUT2D eigenvalue weighted by Crippen LogP contribution is -2.46. The van der Waals surface area contributed by atoms with Gasteiger partial charge in [0.1, 0.15) is 9.84 Å². The van der Waals surface area contributed by atoms with Crippen LogP contribution in [0, 0.1) is 0 Å². The van der Waals surface area contributed by atoms with Gasteiger partial charge in [-0.2, -0.15) is 0 Å². The topological polar surface area (TPSA) is 66.5 Å². The maximum Gasteiger partial charge on any atom is 0.240 e. The van der Waals surface area contributed by atoms with Gasteiger partial charge in [-0.15, -0.1) is 0 Å². The van der Waals surface area contributed by atoms with E-state index in [1.54, 1.807) is 0 Å². The molecule has 0 spiro atoms. The zero-order valence-electron chi connectivity index (χ0n) is 10.5. The Kier molecular flexibility index (Phi) is 3.10. The van der Waals surface area contributed by atoms with Crippen molar-refractivity contribution in [1.82, 2.24) is 10.2 Å². The Bertz CT molecular complexity index is 430. The lowest BCUT2D eigenvalue weighted by Gasteiger charge is -2.31. The maximum atomic E-state index is 12.2. The van der Waals surface area contributed by atoms with Gasteiger partial charge in [-0.1, -0.05) is 0 Å². The van der Waals surface area contributed by atoms with Crippen molar-refractivity contribution in [2.45, 2.75) is 50.2 Å². The fourth-order valence-electron chi connectivity index (χ4n) is 2.94. The highest BCUT2D eigenvalue weighted by molar-refractivity contribution is 7.91. The number of nitrogens with one attached hydrogen (secondary N) is 1. The molecule has 6 heteroatoms. The smallest absolute Gasteiger partial charge is 0.240 e. The Morgan fingerprint density at radius 2 is 1.72 bits per heavy atom. The molecule has 102 valence electrons. The van der Waals surface area contributed by atoms with Crippen LogP contribution in [-0.2, 0) is 14.6 Å². The molecule has 1 amide bonds. The Hall–Kier alpha value is -0.620. The summed E-state index contributed by atoms with van der Waals surface area (Å²) >= 11 is 0. The summed E-state index contributed by atoms with van der Waals surface area (Å²) in [5.41, 5.74) is 0. The minimum absolute atomic E-state index is 0.0176. The molecule has 5 nitrogen and oxygen atoms in total. The molecule has 3 fully saturated rings. The van der Waals surface area contributed by atoms with Crippen molar-refractivity contribution < 1.29 is 13.2 Å². The molecule has 1 N–H and O–H groups in total. The average molecular weight is 272 g/mol. The van der Waals surface area contributed by atoms with Crippen molar-refractivity contribution in [3.05, 3.63) is 0 Å². The summed E-state index contributed by atoms with van der Waals surface area (Å²) in [5.74, 6) is 0.663. The lowest BCUT2D eigenvalue weighted by molar-refractivity contribution is -0.131. The molecular formula is C12H20N2O3S. The van der Waals surface area contributed by atoms with Gasteiger partial charge in [0.25, 0.3) is 0 Å². The molecule has 18 heavy (non-hydrogen) atoms. The quantitative estimate of drug-likeness (QED) is 0.780. The van der Waals surface area contributed by atoms with E-state index in [0.717, 1.165) is 13.0 Å². The summed E-state index contributed by atoms with van der Waals surface area (Å²) in [7, 11) is -2.84. The summed E-state index contributed by atoms with van der Waals surface area (Å²) < 4.78 is 22.8. The number of rotatable bonds is 3. The normalized spacial score (nSPS) is 33.0. The minimum atomic E-state index is -2.84. The van der Waals surface area contributed by atoms with Crippen LogP contribution in [0.5, 0.6) is 0 Å². The molecule has 0 radical (unpaired) electrons. The second-order valence-electron chi connectivity index (χ2n) is 5.70. The largest absolute Gasteiger partial charge is 0.338 e. The fourth-order valence-corrected chi connectivity index (χ4v) is 4.41. The standard InChI is InChI=1S/C12H20N2O3S/c15-12-11(13-9-1-2-9)3-6-14(12)10-4-7-18(16,17)8-5-10/h9-11,13H,1-8H2. The van der Waals surface area contributed by atoms with Crippen LogP contribution in [0.2, 0.25) is 0 Å². The van der Waals surface area contributed by atoms with E-state index in [2.05, 4.69) is 5.32 Å². The Morgan fingerprint density at radius 1 is 1.06 bits per heavy atom. The molecule has 0 aromatic rings. The fraction of sp³-hybridized carbons (Fsp3) is 0.917. The summed E-state index contributed by atoms with van der Waals surface area (Å²) in [6, 6.07) is 0.675. The van der Waals surface area contributed by atoms with E-state index in [1.807, 2.05) is 4.90 Å². The van der Waals surface area contributed by atoms with Crippen LogP contribution in [0.25, 0.3) is 0 Å². The second-order valence-corrected chi connectivity index (χ2v) is 8.00. The monoisotopic (exact) mass is 272 g/mol. The van der Waals surface area contributed by atoms with Crippen LogP contribution >= 0.6 is 0 Å². The Morgan fingerprint density at radius 3 is 2.33 bits per heavy atom. The highest BCUT2D eigenvalue weighted by Gasteiger charge is 2.39. The summed E-state index contributed by atoms with van der Waals surface area (Å²) in [4.78, 5) is 14.2. The summed E-state index contributed by atoms with van der Waals surface area (Å²) in [6.45, 7) is 0.786. The van der Waals surface area contributed by atoms with Crippen molar-refractivity contribution in [2.75, 3.05) is 18.1 Å². The molecule has 2 aliphatic heterocycles. The van der Waals surface area contributed by atoms with Crippen LogP contribution in [0.3, 0.4) is 0 Å². The first kappa shape index (κ1) is 12.4. The Balaban J connectivity index is 1.58. The molecule has 0 aromatic carbocycles. The van der Waals surface area contributed by atoms with Gasteiger partial charge in [-0.25, -0.2) is 8.42 Å². The molecule has 3 rings (SSSR count). The summed E-state index contributed by atoms with van der Waals surface area (Å²) in [6.07, 6.45) is 4.48. The van der Waals surface area contributed by atoms with E-state index >= 15 is 0 Å².